The van der Waals surface area contributed by atoms with Crippen molar-refractivity contribution in [3.63, 3.8) is 0 Å². The number of furan rings is 1. The molecule has 0 spiro atoms. The van der Waals surface area contributed by atoms with Crippen LogP contribution in [-0.2, 0) is 16.1 Å². The number of carbonyl (C=O) groups excluding carboxylic acids is 1. The second kappa shape index (κ2) is 8.29. The molecule has 150 valence electrons. The molecule has 3 N–H and O–H groups in total. The molecule has 2 aromatic rings. The highest BCUT2D eigenvalue weighted by Gasteiger charge is 2.38. The zero-order valence-electron chi connectivity index (χ0n) is 13.6. The van der Waals surface area contributed by atoms with Crippen LogP contribution in [0.25, 0.3) is 11.0 Å². The van der Waals surface area contributed by atoms with Crippen LogP contribution in [0.5, 0.6) is 0 Å². The Labute approximate surface area is 147 Å². The number of fused-ring (bicyclic) bond motifs is 1. The number of rotatable bonds is 3. The molecule has 0 aliphatic carbocycles. The van der Waals surface area contributed by atoms with Gasteiger partial charge in [-0.25, -0.2) is 9.59 Å². The Hall–Kier alpha value is -2.76. The van der Waals surface area contributed by atoms with Gasteiger partial charge in [-0.3, -0.25) is 0 Å². The predicted octanol–water partition coefficient (Wildman–Crippen LogP) is 3.55. The largest absolute Gasteiger partial charge is 0.490 e. The molecule has 6 nitrogen and oxygen atoms in total. The molecular weight excluding hydrogens is 388 g/mol. The van der Waals surface area contributed by atoms with Crippen molar-refractivity contribution in [1.29, 1.82) is 0 Å². The standard InChI is InChI=1S/C13H12F3NO3.C2HF3O2/c1-7-2-8-4-9(5-17)20-11(8)10(3-7)12(18)19-6-13(14,15)16;3-2(4,5)1(6)7/h2-4H,5-6,17H2,1H3;(H,6,7). The molecule has 0 aliphatic heterocycles. The molecule has 27 heavy (non-hydrogen) atoms. The lowest BCUT2D eigenvalue weighted by atomic mass is 10.1. The third kappa shape index (κ3) is 6.81. The summed E-state index contributed by atoms with van der Waals surface area (Å²) in [5.74, 6) is -3.39. The lowest BCUT2D eigenvalue weighted by molar-refractivity contribution is -0.192. The van der Waals surface area contributed by atoms with Gasteiger partial charge in [0.1, 0.15) is 16.9 Å². The molecule has 0 saturated carbocycles. The van der Waals surface area contributed by atoms with E-state index in [2.05, 4.69) is 4.74 Å². The molecule has 0 amide bonds. The third-order valence-electron chi connectivity index (χ3n) is 2.84. The van der Waals surface area contributed by atoms with E-state index in [4.69, 9.17) is 20.1 Å². The van der Waals surface area contributed by atoms with Crippen LogP contribution in [0.1, 0.15) is 21.7 Å². The van der Waals surface area contributed by atoms with Crippen LogP contribution in [0.4, 0.5) is 26.3 Å². The third-order valence-corrected chi connectivity index (χ3v) is 2.84. The number of carbonyl (C=O) groups is 2. The van der Waals surface area contributed by atoms with Gasteiger partial charge in [0, 0.05) is 5.39 Å². The summed E-state index contributed by atoms with van der Waals surface area (Å²) in [4.78, 5) is 20.6. The van der Waals surface area contributed by atoms with E-state index in [0.29, 0.717) is 16.7 Å². The second-order valence-corrected chi connectivity index (χ2v) is 5.14. The zero-order chi connectivity index (χ0) is 21.0. The Kier molecular flexibility index (Phi) is 6.84. The smallest absolute Gasteiger partial charge is 0.475 e. The van der Waals surface area contributed by atoms with E-state index in [0.717, 1.165) is 0 Å². The van der Waals surface area contributed by atoms with Gasteiger partial charge in [0.2, 0.25) is 0 Å². The van der Waals surface area contributed by atoms with Gasteiger partial charge in [0.15, 0.2) is 6.61 Å². The number of carboxylic acids is 1. The highest BCUT2D eigenvalue weighted by Crippen LogP contribution is 2.26. The van der Waals surface area contributed by atoms with Crippen LogP contribution >= 0.6 is 0 Å². The number of ether oxygens (including phenoxy) is 1. The molecule has 0 bridgehead atoms. The molecule has 0 aliphatic rings. The maximum absolute atomic E-state index is 12.1. The van der Waals surface area contributed by atoms with Crippen LogP contribution < -0.4 is 5.73 Å². The number of aryl methyl sites for hydroxylation is 1. The van der Waals surface area contributed by atoms with E-state index in [1.807, 2.05) is 0 Å². The number of alkyl halides is 6. The first-order valence-corrected chi connectivity index (χ1v) is 7.01. The maximum Gasteiger partial charge on any atom is 0.490 e. The summed E-state index contributed by atoms with van der Waals surface area (Å²) >= 11 is 0. The summed E-state index contributed by atoms with van der Waals surface area (Å²) in [6.07, 6.45) is -9.65. The van der Waals surface area contributed by atoms with Gasteiger partial charge >= 0.3 is 24.3 Å². The maximum atomic E-state index is 12.1. The predicted molar refractivity (Wildman–Crippen MR) is 78.9 cm³/mol. The fourth-order valence-electron chi connectivity index (χ4n) is 1.83. The highest BCUT2D eigenvalue weighted by atomic mass is 19.4. The number of aliphatic carboxylic acids is 1. The first-order chi connectivity index (χ1) is 12.2. The van der Waals surface area contributed by atoms with Crippen molar-refractivity contribution in [1.82, 2.24) is 0 Å². The average Bonchev–Trinajstić information content (AvgIpc) is 2.93. The topological polar surface area (TPSA) is 103 Å². The molecular formula is C15H13F6NO5. The fourth-order valence-corrected chi connectivity index (χ4v) is 1.83. The van der Waals surface area contributed by atoms with Crippen molar-refractivity contribution >= 4 is 22.9 Å². The van der Waals surface area contributed by atoms with E-state index in [-0.39, 0.29) is 17.7 Å². The SMILES string of the molecule is Cc1cc(C(=O)OCC(F)(F)F)c2oc(CN)cc2c1.O=C(O)C(F)(F)F. The molecule has 12 heteroatoms. The summed E-state index contributed by atoms with van der Waals surface area (Å²) in [6, 6.07) is 4.81. The van der Waals surface area contributed by atoms with Crippen molar-refractivity contribution in [2.75, 3.05) is 6.61 Å². The molecule has 1 aromatic heterocycles. The molecule has 0 fully saturated rings. The lowest BCUT2D eigenvalue weighted by Gasteiger charge is -2.08. The lowest BCUT2D eigenvalue weighted by Crippen LogP contribution is -2.21. The quantitative estimate of drug-likeness (QED) is 0.602. The van der Waals surface area contributed by atoms with Gasteiger partial charge < -0.3 is 20.0 Å². The first kappa shape index (κ1) is 22.3. The number of hydrogen-bond donors (Lipinski definition) is 2. The van der Waals surface area contributed by atoms with Crippen LogP contribution in [-0.4, -0.2) is 36.0 Å². The number of carboxylic acid groups (broad SMARTS) is 1. The summed E-state index contributed by atoms with van der Waals surface area (Å²) < 4.78 is 77.5. The van der Waals surface area contributed by atoms with E-state index < -0.39 is 30.9 Å². The monoisotopic (exact) mass is 401 g/mol. The zero-order valence-corrected chi connectivity index (χ0v) is 13.6. The Morgan fingerprint density at radius 1 is 1.15 bits per heavy atom. The summed E-state index contributed by atoms with van der Waals surface area (Å²) in [7, 11) is 0. The second-order valence-electron chi connectivity index (χ2n) is 5.14. The van der Waals surface area contributed by atoms with E-state index in [9.17, 15) is 31.1 Å². The van der Waals surface area contributed by atoms with Gasteiger partial charge in [-0.15, -0.1) is 0 Å². The van der Waals surface area contributed by atoms with Gasteiger partial charge in [0.05, 0.1) is 6.54 Å². The first-order valence-electron chi connectivity index (χ1n) is 7.01. The minimum atomic E-state index is -5.08. The number of hydrogen-bond acceptors (Lipinski definition) is 5. The molecule has 0 saturated heterocycles. The summed E-state index contributed by atoms with van der Waals surface area (Å²) in [5.41, 5.74) is 6.29. The van der Waals surface area contributed by atoms with Crippen molar-refractivity contribution < 1.29 is 50.2 Å². The van der Waals surface area contributed by atoms with Crippen molar-refractivity contribution in [2.45, 2.75) is 25.8 Å². The molecule has 0 atom stereocenters. The van der Waals surface area contributed by atoms with E-state index in [1.165, 1.54) is 6.07 Å². The minimum absolute atomic E-state index is 0.0380. The molecule has 1 heterocycles. The normalized spacial score (nSPS) is 11.7. The minimum Gasteiger partial charge on any atom is -0.475 e. The van der Waals surface area contributed by atoms with Crippen molar-refractivity contribution in [2.24, 2.45) is 5.73 Å². The molecule has 0 unspecified atom stereocenters. The summed E-state index contributed by atoms with van der Waals surface area (Å²) in [6.45, 7) is 0.214. The van der Waals surface area contributed by atoms with Crippen molar-refractivity contribution in [3.8, 4) is 0 Å². The Bertz CT molecular complexity index is 824. The van der Waals surface area contributed by atoms with Crippen LogP contribution in [0, 0.1) is 6.92 Å². The van der Waals surface area contributed by atoms with Gasteiger partial charge in [-0.05, 0) is 30.7 Å². The van der Waals surface area contributed by atoms with Crippen molar-refractivity contribution in [3.05, 3.63) is 35.1 Å². The molecule has 2 rings (SSSR count). The van der Waals surface area contributed by atoms with E-state index >= 15 is 0 Å². The number of halogens is 6. The highest BCUT2D eigenvalue weighted by molar-refractivity contribution is 6.02. The fraction of sp³-hybridized carbons (Fsp3) is 0.333. The average molecular weight is 401 g/mol. The van der Waals surface area contributed by atoms with Crippen LogP contribution in [0.2, 0.25) is 0 Å². The van der Waals surface area contributed by atoms with E-state index in [1.54, 1.807) is 19.1 Å². The summed E-state index contributed by atoms with van der Waals surface area (Å²) in [5, 5.41) is 7.73. The number of esters is 1. The Morgan fingerprint density at radius 2 is 1.70 bits per heavy atom. The number of nitrogens with two attached hydrogens (primary N) is 1. The Balaban J connectivity index is 0.000000445. The molecule has 1 aromatic carbocycles. The van der Waals surface area contributed by atoms with Crippen LogP contribution in [0.3, 0.4) is 0 Å². The van der Waals surface area contributed by atoms with Gasteiger partial charge in [-0.2, -0.15) is 26.3 Å². The Morgan fingerprint density at radius 3 is 2.15 bits per heavy atom. The number of benzene rings is 1. The molecule has 0 radical (unpaired) electrons. The van der Waals surface area contributed by atoms with Crippen LogP contribution in [0.15, 0.2) is 22.6 Å². The van der Waals surface area contributed by atoms with Gasteiger partial charge in [0.25, 0.3) is 0 Å². The van der Waals surface area contributed by atoms with Gasteiger partial charge in [-0.1, -0.05) is 0 Å².